The standard InChI is InChI=1S/C19H23NO3/c1-13-12-15(11-10-14-8-6-5-7-9-14)23-18(22)16(13)17(21)20-19(2,3)4/h5-9,12H,10-11H2,1-4H3,(H,20,21). The number of rotatable bonds is 4. The number of hydrogen-bond acceptors (Lipinski definition) is 3. The van der Waals surface area contributed by atoms with Gasteiger partial charge in [-0.2, -0.15) is 0 Å². The first kappa shape index (κ1) is 17.0. The Morgan fingerprint density at radius 1 is 1.13 bits per heavy atom. The summed E-state index contributed by atoms with van der Waals surface area (Å²) in [6.07, 6.45) is 1.41. The summed E-state index contributed by atoms with van der Waals surface area (Å²) in [5, 5.41) is 2.80. The second-order valence-corrected chi connectivity index (χ2v) is 6.75. The first-order valence-electron chi connectivity index (χ1n) is 7.76. The summed E-state index contributed by atoms with van der Waals surface area (Å²) in [6.45, 7) is 7.38. The predicted molar refractivity (Wildman–Crippen MR) is 90.8 cm³/mol. The van der Waals surface area contributed by atoms with Crippen LogP contribution in [0.5, 0.6) is 0 Å². The highest BCUT2D eigenvalue weighted by Gasteiger charge is 2.21. The highest BCUT2D eigenvalue weighted by atomic mass is 16.4. The minimum Gasteiger partial charge on any atom is -0.427 e. The lowest BCUT2D eigenvalue weighted by atomic mass is 10.0. The van der Waals surface area contributed by atoms with Crippen molar-refractivity contribution < 1.29 is 9.21 Å². The van der Waals surface area contributed by atoms with E-state index in [0.717, 1.165) is 6.42 Å². The van der Waals surface area contributed by atoms with Crippen LogP contribution >= 0.6 is 0 Å². The first-order chi connectivity index (χ1) is 10.8. The Morgan fingerprint density at radius 3 is 2.35 bits per heavy atom. The lowest BCUT2D eigenvalue weighted by molar-refractivity contribution is 0.0914. The highest BCUT2D eigenvalue weighted by Crippen LogP contribution is 2.11. The number of carbonyl (C=O) groups is 1. The number of amides is 1. The van der Waals surface area contributed by atoms with E-state index in [1.165, 1.54) is 5.56 Å². The third-order valence-electron chi connectivity index (χ3n) is 3.42. The molecule has 1 aromatic carbocycles. The Labute approximate surface area is 136 Å². The molecule has 0 aliphatic rings. The van der Waals surface area contributed by atoms with Crippen molar-refractivity contribution >= 4 is 5.91 Å². The fourth-order valence-corrected chi connectivity index (χ4v) is 2.38. The Balaban J connectivity index is 2.17. The molecule has 4 heteroatoms. The van der Waals surface area contributed by atoms with Crippen LogP contribution in [0.2, 0.25) is 0 Å². The van der Waals surface area contributed by atoms with E-state index >= 15 is 0 Å². The van der Waals surface area contributed by atoms with Crippen LogP contribution in [0.1, 0.15) is 48.0 Å². The molecule has 0 atom stereocenters. The summed E-state index contributed by atoms with van der Waals surface area (Å²) in [5.41, 5.74) is 0.939. The summed E-state index contributed by atoms with van der Waals surface area (Å²) in [7, 11) is 0. The molecule has 2 rings (SSSR count). The largest absolute Gasteiger partial charge is 0.427 e. The van der Waals surface area contributed by atoms with Crippen molar-refractivity contribution in [3.8, 4) is 0 Å². The van der Waals surface area contributed by atoms with Gasteiger partial charge in [0.2, 0.25) is 0 Å². The normalized spacial score (nSPS) is 11.3. The van der Waals surface area contributed by atoms with Crippen LogP contribution in [0.4, 0.5) is 0 Å². The first-order valence-corrected chi connectivity index (χ1v) is 7.76. The van der Waals surface area contributed by atoms with Gasteiger partial charge in [-0.15, -0.1) is 0 Å². The molecule has 2 aromatic rings. The number of aryl methyl sites for hydroxylation is 3. The van der Waals surface area contributed by atoms with E-state index in [9.17, 15) is 9.59 Å². The third kappa shape index (κ3) is 4.81. The predicted octanol–water partition coefficient (Wildman–Crippen LogP) is 3.26. The number of carbonyl (C=O) groups excluding carboxylic acids is 1. The average molecular weight is 313 g/mol. The van der Waals surface area contributed by atoms with E-state index in [2.05, 4.69) is 5.32 Å². The summed E-state index contributed by atoms with van der Waals surface area (Å²) in [4.78, 5) is 24.4. The topological polar surface area (TPSA) is 59.3 Å². The highest BCUT2D eigenvalue weighted by molar-refractivity contribution is 5.95. The van der Waals surface area contributed by atoms with Gasteiger partial charge in [0.1, 0.15) is 11.3 Å². The van der Waals surface area contributed by atoms with Gasteiger partial charge in [-0.1, -0.05) is 30.3 Å². The van der Waals surface area contributed by atoms with E-state index in [4.69, 9.17) is 4.42 Å². The van der Waals surface area contributed by atoms with Crippen molar-refractivity contribution in [1.82, 2.24) is 5.32 Å². The molecule has 0 unspecified atom stereocenters. The molecule has 0 aliphatic heterocycles. The molecule has 1 amide bonds. The van der Waals surface area contributed by atoms with Gasteiger partial charge in [-0.3, -0.25) is 4.79 Å². The summed E-state index contributed by atoms with van der Waals surface area (Å²) in [6, 6.07) is 11.8. The molecular formula is C19H23NO3. The molecule has 1 heterocycles. The third-order valence-corrected chi connectivity index (χ3v) is 3.42. The van der Waals surface area contributed by atoms with Crippen LogP contribution in [-0.4, -0.2) is 11.4 Å². The minimum atomic E-state index is -0.574. The molecule has 0 bridgehead atoms. The average Bonchev–Trinajstić information content (AvgIpc) is 2.43. The van der Waals surface area contributed by atoms with Crippen molar-refractivity contribution in [2.24, 2.45) is 0 Å². The second kappa shape index (κ2) is 6.82. The van der Waals surface area contributed by atoms with Crippen LogP contribution in [0, 0.1) is 6.92 Å². The SMILES string of the molecule is Cc1cc(CCc2ccccc2)oc(=O)c1C(=O)NC(C)(C)C. The molecule has 0 fully saturated rings. The van der Waals surface area contributed by atoms with Gasteiger partial charge in [0.15, 0.2) is 0 Å². The fourth-order valence-electron chi connectivity index (χ4n) is 2.38. The van der Waals surface area contributed by atoms with E-state index in [-0.39, 0.29) is 5.56 Å². The van der Waals surface area contributed by atoms with Crippen LogP contribution in [0.3, 0.4) is 0 Å². The Hall–Kier alpha value is -2.36. The van der Waals surface area contributed by atoms with Gasteiger partial charge in [-0.25, -0.2) is 4.79 Å². The minimum absolute atomic E-state index is 0.0865. The lowest BCUT2D eigenvalue weighted by Crippen LogP contribution is -2.42. The van der Waals surface area contributed by atoms with Gasteiger partial charge in [0.05, 0.1) is 0 Å². The molecular weight excluding hydrogens is 290 g/mol. The maximum absolute atomic E-state index is 12.2. The van der Waals surface area contributed by atoms with Crippen molar-refractivity contribution in [2.45, 2.75) is 46.1 Å². The van der Waals surface area contributed by atoms with Gasteiger partial charge in [-0.05, 0) is 51.3 Å². The van der Waals surface area contributed by atoms with Crippen molar-refractivity contribution in [3.05, 3.63) is 69.3 Å². The lowest BCUT2D eigenvalue weighted by Gasteiger charge is -2.20. The number of benzene rings is 1. The van der Waals surface area contributed by atoms with Gasteiger partial charge in [0.25, 0.3) is 5.91 Å². The summed E-state index contributed by atoms with van der Waals surface area (Å²) < 4.78 is 5.33. The van der Waals surface area contributed by atoms with Crippen molar-refractivity contribution in [1.29, 1.82) is 0 Å². The summed E-state index contributed by atoms with van der Waals surface area (Å²) >= 11 is 0. The molecule has 1 N–H and O–H groups in total. The van der Waals surface area contributed by atoms with Crippen molar-refractivity contribution in [3.63, 3.8) is 0 Å². The molecule has 122 valence electrons. The Bertz CT molecular complexity index is 739. The van der Waals surface area contributed by atoms with Gasteiger partial charge in [0, 0.05) is 12.0 Å². The quantitative estimate of drug-likeness (QED) is 0.942. The molecule has 0 aliphatic carbocycles. The van der Waals surface area contributed by atoms with E-state index < -0.39 is 17.1 Å². The maximum atomic E-state index is 12.2. The van der Waals surface area contributed by atoms with Crippen LogP contribution < -0.4 is 10.9 Å². The zero-order valence-corrected chi connectivity index (χ0v) is 14.1. The summed E-state index contributed by atoms with van der Waals surface area (Å²) in [5.74, 6) is 0.210. The second-order valence-electron chi connectivity index (χ2n) is 6.75. The molecule has 4 nitrogen and oxygen atoms in total. The van der Waals surface area contributed by atoms with Gasteiger partial charge < -0.3 is 9.73 Å². The fraction of sp³-hybridized carbons (Fsp3) is 0.368. The van der Waals surface area contributed by atoms with E-state index in [1.807, 2.05) is 51.1 Å². The van der Waals surface area contributed by atoms with Crippen LogP contribution in [-0.2, 0) is 12.8 Å². The molecule has 23 heavy (non-hydrogen) atoms. The number of hydrogen-bond donors (Lipinski definition) is 1. The maximum Gasteiger partial charge on any atom is 0.349 e. The van der Waals surface area contributed by atoms with Crippen LogP contribution in [0.15, 0.2) is 45.6 Å². The molecule has 0 saturated heterocycles. The Morgan fingerprint density at radius 2 is 1.78 bits per heavy atom. The van der Waals surface area contributed by atoms with E-state index in [1.54, 1.807) is 13.0 Å². The molecule has 0 spiro atoms. The van der Waals surface area contributed by atoms with Crippen molar-refractivity contribution in [2.75, 3.05) is 0 Å². The Kier molecular flexibility index (Phi) is 5.04. The number of nitrogens with one attached hydrogen (secondary N) is 1. The zero-order valence-electron chi connectivity index (χ0n) is 14.1. The smallest absolute Gasteiger partial charge is 0.349 e. The van der Waals surface area contributed by atoms with Gasteiger partial charge >= 0.3 is 5.63 Å². The monoisotopic (exact) mass is 313 g/mol. The zero-order chi connectivity index (χ0) is 17.0. The molecule has 1 aromatic heterocycles. The van der Waals surface area contributed by atoms with Crippen LogP contribution in [0.25, 0.3) is 0 Å². The molecule has 0 radical (unpaired) electrons. The molecule has 0 saturated carbocycles. The van der Waals surface area contributed by atoms with E-state index in [0.29, 0.717) is 17.7 Å².